The smallest absolute Gasteiger partial charge is 0.124 e. The summed E-state index contributed by atoms with van der Waals surface area (Å²) in [6.45, 7) is 1.30. The molecule has 0 N–H and O–H groups in total. The highest BCUT2D eigenvalue weighted by atomic mass is 19.1. The lowest BCUT2D eigenvalue weighted by molar-refractivity contribution is 0.212. The molecule has 0 spiro atoms. The summed E-state index contributed by atoms with van der Waals surface area (Å²) >= 11 is 0. The van der Waals surface area contributed by atoms with Crippen LogP contribution in [0.3, 0.4) is 0 Å². The third kappa shape index (κ3) is 2.41. The van der Waals surface area contributed by atoms with Crippen molar-refractivity contribution in [3.8, 4) is 0 Å². The van der Waals surface area contributed by atoms with Crippen molar-refractivity contribution in [1.29, 1.82) is 0 Å². The predicted octanol–water partition coefficient (Wildman–Crippen LogP) is 3.60. The van der Waals surface area contributed by atoms with Gasteiger partial charge in [0.15, 0.2) is 0 Å². The Balaban J connectivity index is 2.11. The quantitative estimate of drug-likeness (QED) is 0.752. The number of benzene rings is 2. The first kappa shape index (κ1) is 12.4. The largest absolute Gasteiger partial charge is 0.299 e. The van der Waals surface area contributed by atoms with Gasteiger partial charge < -0.3 is 0 Å². The van der Waals surface area contributed by atoms with Gasteiger partial charge in [-0.15, -0.1) is 0 Å². The van der Waals surface area contributed by atoms with E-state index in [1.54, 1.807) is 0 Å². The molecule has 19 heavy (non-hydrogen) atoms. The van der Waals surface area contributed by atoms with Gasteiger partial charge in [0.1, 0.15) is 6.17 Å². The topological polar surface area (TPSA) is 3.24 Å². The van der Waals surface area contributed by atoms with E-state index in [2.05, 4.69) is 17.0 Å². The van der Waals surface area contributed by atoms with Crippen molar-refractivity contribution in [3.63, 3.8) is 0 Å². The highest BCUT2D eigenvalue weighted by Crippen LogP contribution is 2.35. The minimum absolute atomic E-state index is 0.151. The number of hydrogen-bond donors (Lipinski definition) is 0. The van der Waals surface area contributed by atoms with E-state index in [0.29, 0.717) is 6.54 Å². The second kappa shape index (κ2) is 5.14. The maximum absolute atomic E-state index is 14.7. The zero-order chi connectivity index (χ0) is 13.2. The molecule has 0 unspecified atom stereocenters. The molecule has 1 aliphatic heterocycles. The molecule has 0 fully saturated rings. The second-order valence-corrected chi connectivity index (χ2v) is 5.30. The Bertz CT molecular complexity index is 552. The molecule has 2 heteroatoms. The van der Waals surface area contributed by atoms with E-state index < -0.39 is 6.17 Å². The van der Waals surface area contributed by atoms with Crippen LogP contribution in [0.15, 0.2) is 54.6 Å². The van der Waals surface area contributed by atoms with Gasteiger partial charge >= 0.3 is 0 Å². The van der Waals surface area contributed by atoms with Gasteiger partial charge in [-0.3, -0.25) is 4.90 Å². The molecule has 0 saturated carbocycles. The minimum Gasteiger partial charge on any atom is -0.299 e. The van der Waals surface area contributed by atoms with Gasteiger partial charge in [-0.1, -0.05) is 54.6 Å². The molecule has 1 nitrogen and oxygen atoms in total. The first-order chi connectivity index (χ1) is 9.25. The average molecular weight is 255 g/mol. The van der Waals surface area contributed by atoms with Crippen molar-refractivity contribution in [1.82, 2.24) is 4.90 Å². The molecule has 2 atom stereocenters. The third-order valence-corrected chi connectivity index (χ3v) is 3.84. The van der Waals surface area contributed by atoms with Crippen LogP contribution >= 0.6 is 0 Å². The van der Waals surface area contributed by atoms with Crippen LogP contribution in [-0.4, -0.2) is 24.7 Å². The summed E-state index contributed by atoms with van der Waals surface area (Å²) in [6.07, 6.45) is -0.865. The summed E-state index contributed by atoms with van der Waals surface area (Å²) < 4.78 is 14.7. The molecular weight excluding hydrogens is 237 g/mol. The van der Waals surface area contributed by atoms with Gasteiger partial charge in [-0.2, -0.15) is 0 Å². The van der Waals surface area contributed by atoms with Crippen molar-refractivity contribution < 1.29 is 4.39 Å². The van der Waals surface area contributed by atoms with E-state index >= 15 is 0 Å². The maximum Gasteiger partial charge on any atom is 0.124 e. The normalized spacial score (nSPS) is 23.7. The molecule has 2 aromatic rings. The van der Waals surface area contributed by atoms with Crippen LogP contribution in [0.25, 0.3) is 0 Å². The van der Waals surface area contributed by atoms with Crippen molar-refractivity contribution in [2.75, 3.05) is 13.6 Å². The number of hydrogen-bond acceptors (Lipinski definition) is 1. The minimum atomic E-state index is -0.865. The molecule has 0 aromatic heterocycles. The van der Waals surface area contributed by atoms with E-state index in [9.17, 15) is 4.39 Å². The van der Waals surface area contributed by atoms with Gasteiger partial charge in [0, 0.05) is 19.0 Å². The Labute approximate surface area is 113 Å². The molecular formula is C17H18FN. The molecule has 0 aliphatic carbocycles. The molecule has 0 bridgehead atoms. The average Bonchev–Trinajstić information content (AvgIpc) is 2.54. The number of rotatable bonds is 1. The Hall–Kier alpha value is -1.67. The monoisotopic (exact) mass is 255 g/mol. The standard InChI is InChI=1S/C17H18FN/c1-19-11-14-9-5-6-10-15(14)17(16(18)12-19)13-7-3-2-4-8-13/h2-10,16-17H,11-12H2,1H3/t16-,17-/m0/s1. The van der Waals surface area contributed by atoms with Crippen LogP contribution in [0, 0.1) is 0 Å². The Kier molecular flexibility index (Phi) is 3.34. The second-order valence-electron chi connectivity index (χ2n) is 5.30. The van der Waals surface area contributed by atoms with Gasteiger partial charge in [-0.25, -0.2) is 4.39 Å². The van der Waals surface area contributed by atoms with Gasteiger partial charge in [0.25, 0.3) is 0 Å². The molecule has 3 rings (SSSR count). The number of halogens is 1. The number of nitrogens with zero attached hydrogens (tertiary/aromatic N) is 1. The Morgan fingerprint density at radius 1 is 1.00 bits per heavy atom. The molecule has 0 amide bonds. The fourth-order valence-corrected chi connectivity index (χ4v) is 2.98. The number of alkyl halides is 1. The van der Waals surface area contributed by atoms with E-state index in [1.807, 2.05) is 49.5 Å². The van der Waals surface area contributed by atoms with Gasteiger partial charge in [-0.05, 0) is 23.7 Å². The van der Waals surface area contributed by atoms with Crippen molar-refractivity contribution >= 4 is 0 Å². The van der Waals surface area contributed by atoms with Crippen molar-refractivity contribution in [3.05, 3.63) is 71.3 Å². The summed E-state index contributed by atoms with van der Waals surface area (Å²) in [5, 5.41) is 0. The lowest BCUT2D eigenvalue weighted by Crippen LogP contribution is -2.27. The van der Waals surface area contributed by atoms with Crippen LogP contribution in [-0.2, 0) is 6.54 Å². The van der Waals surface area contributed by atoms with Gasteiger partial charge in [0.05, 0.1) is 0 Å². The summed E-state index contributed by atoms with van der Waals surface area (Å²) in [6, 6.07) is 18.2. The lowest BCUT2D eigenvalue weighted by atomic mass is 9.85. The van der Waals surface area contributed by atoms with Crippen molar-refractivity contribution in [2.45, 2.75) is 18.6 Å². The van der Waals surface area contributed by atoms with Crippen LogP contribution in [0.2, 0.25) is 0 Å². The molecule has 1 aliphatic rings. The third-order valence-electron chi connectivity index (χ3n) is 3.84. The Morgan fingerprint density at radius 2 is 1.68 bits per heavy atom. The van der Waals surface area contributed by atoms with Crippen LogP contribution in [0.5, 0.6) is 0 Å². The molecule has 0 radical (unpaired) electrons. The fraction of sp³-hybridized carbons (Fsp3) is 0.294. The highest BCUT2D eigenvalue weighted by Gasteiger charge is 2.30. The van der Waals surface area contributed by atoms with E-state index in [0.717, 1.165) is 17.7 Å². The first-order valence-electron chi connectivity index (χ1n) is 6.71. The summed E-state index contributed by atoms with van der Waals surface area (Å²) in [4.78, 5) is 2.06. The molecule has 98 valence electrons. The lowest BCUT2D eigenvalue weighted by Gasteiger charge is -2.22. The molecule has 1 heterocycles. The summed E-state index contributed by atoms with van der Waals surface area (Å²) in [5.74, 6) is -0.151. The van der Waals surface area contributed by atoms with E-state index in [1.165, 1.54) is 5.56 Å². The van der Waals surface area contributed by atoms with E-state index in [-0.39, 0.29) is 5.92 Å². The zero-order valence-electron chi connectivity index (χ0n) is 11.1. The highest BCUT2D eigenvalue weighted by molar-refractivity contribution is 5.40. The van der Waals surface area contributed by atoms with Crippen LogP contribution in [0.4, 0.5) is 4.39 Å². The first-order valence-corrected chi connectivity index (χ1v) is 6.71. The maximum atomic E-state index is 14.7. The summed E-state index contributed by atoms with van der Waals surface area (Å²) in [7, 11) is 1.98. The molecule has 2 aromatic carbocycles. The predicted molar refractivity (Wildman–Crippen MR) is 76.0 cm³/mol. The Morgan fingerprint density at radius 3 is 2.47 bits per heavy atom. The van der Waals surface area contributed by atoms with Crippen LogP contribution in [0.1, 0.15) is 22.6 Å². The number of fused-ring (bicyclic) bond motifs is 1. The van der Waals surface area contributed by atoms with Crippen LogP contribution < -0.4 is 0 Å². The van der Waals surface area contributed by atoms with Crippen molar-refractivity contribution in [2.24, 2.45) is 0 Å². The fourth-order valence-electron chi connectivity index (χ4n) is 2.98. The zero-order valence-corrected chi connectivity index (χ0v) is 11.1. The summed E-state index contributed by atoms with van der Waals surface area (Å²) in [5.41, 5.74) is 3.43. The van der Waals surface area contributed by atoms with E-state index in [4.69, 9.17) is 0 Å². The SMILES string of the molecule is CN1Cc2ccccc2[C@H](c2ccccc2)[C@@H](F)C1. The van der Waals surface area contributed by atoms with Gasteiger partial charge in [0.2, 0.25) is 0 Å². The molecule has 0 saturated heterocycles.